The second kappa shape index (κ2) is 4.67. The third-order valence-corrected chi connectivity index (χ3v) is 3.91. The lowest BCUT2D eigenvalue weighted by Gasteiger charge is -2.30. The van der Waals surface area contributed by atoms with Gasteiger partial charge < -0.3 is 15.4 Å². The standard InChI is InChI=1S/C14H20N2O/c15-10-11-9-13(11)12-3-1-2-4-14(12)16-5-7-17-8-6-16/h1-4,11,13H,5-10,15H2/t11-,13+/m0/s1. The van der Waals surface area contributed by atoms with Crippen molar-refractivity contribution >= 4 is 5.69 Å². The summed E-state index contributed by atoms with van der Waals surface area (Å²) in [5, 5.41) is 0. The molecule has 0 unspecified atom stereocenters. The molecule has 1 saturated heterocycles. The number of ether oxygens (including phenoxy) is 1. The molecule has 3 nitrogen and oxygen atoms in total. The first-order chi connectivity index (χ1) is 8.40. The van der Waals surface area contributed by atoms with E-state index in [1.54, 1.807) is 0 Å². The Morgan fingerprint density at radius 3 is 2.71 bits per heavy atom. The van der Waals surface area contributed by atoms with Crippen LogP contribution in [0.3, 0.4) is 0 Å². The Balaban J connectivity index is 1.83. The quantitative estimate of drug-likeness (QED) is 0.860. The summed E-state index contributed by atoms with van der Waals surface area (Å²) in [7, 11) is 0. The molecule has 2 N–H and O–H groups in total. The van der Waals surface area contributed by atoms with Gasteiger partial charge in [-0.05, 0) is 36.4 Å². The van der Waals surface area contributed by atoms with Crippen molar-refractivity contribution in [3.05, 3.63) is 29.8 Å². The van der Waals surface area contributed by atoms with E-state index in [4.69, 9.17) is 10.5 Å². The van der Waals surface area contributed by atoms with Gasteiger partial charge in [-0.2, -0.15) is 0 Å². The van der Waals surface area contributed by atoms with E-state index in [1.807, 2.05) is 0 Å². The fourth-order valence-electron chi connectivity index (χ4n) is 2.78. The van der Waals surface area contributed by atoms with Gasteiger partial charge in [-0.25, -0.2) is 0 Å². The molecule has 3 rings (SSSR count). The van der Waals surface area contributed by atoms with Gasteiger partial charge in [0.15, 0.2) is 0 Å². The van der Waals surface area contributed by atoms with Crippen molar-refractivity contribution in [1.82, 2.24) is 0 Å². The van der Waals surface area contributed by atoms with E-state index in [0.717, 1.165) is 32.8 Å². The number of anilines is 1. The summed E-state index contributed by atoms with van der Waals surface area (Å²) in [6.45, 7) is 4.54. The van der Waals surface area contributed by atoms with Crippen LogP contribution < -0.4 is 10.6 Å². The van der Waals surface area contributed by atoms with E-state index in [-0.39, 0.29) is 0 Å². The number of morpholine rings is 1. The predicted octanol–water partition coefficient (Wildman–Crippen LogP) is 1.59. The maximum Gasteiger partial charge on any atom is 0.0642 e. The maximum atomic E-state index is 5.76. The van der Waals surface area contributed by atoms with Gasteiger partial charge >= 0.3 is 0 Å². The van der Waals surface area contributed by atoms with Crippen LogP contribution in [0, 0.1) is 5.92 Å². The highest BCUT2D eigenvalue weighted by Crippen LogP contribution is 2.49. The fourth-order valence-corrected chi connectivity index (χ4v) is 2.78. The highest BCUT2D eigenvalue weighted by atomic mass is 16.5. The largest absolute Gasteiger partial charge is 0.378 e. The zero-order chi connectivity index (χ0) is 11.7. The van der Waals surface area contributed by atoms with Crippen LogP contribution in [0.5, 0.6) is 0 Å². The molecule has 1 aromatic carbocycles. The molecule has 2 aliphatic rings. The molecule has 0 spiro atoms. The van der Waals surface area contributed by atoms with Gasteiger partial charge in [0.05, 0.1) is 13.2 Å². The Morgan fingerprint density at radius 1 is 1.24 bits per heavy atom. The van der Waals surface area contributed by atoms with Crippen LogP contribution in [0.25, 0.3) is 0 Å². The third-order valence-electron chi connectivity index (χ3n) is 3.91. The summed E-state index contributed by atoms with van der Waals surface area (Å²) < 4.78 is 5.42. The molecule has 2 atom stereocenters. The van der Waals surface area contributed by atoms with Crippen LogP contribution in [0.15, 0.2) is 24.3 Å². The lowest BCUT2D eigenvalue weighted by Crippen LogP contribution is -2.36. The first kappa shape index (κ1) is 11.1. The Morgan fingerprint density at radius 2 is 2.00 bits per heavy atom. The monoisotopic (exact) mass is 232 g/mol. The van der Waals surface area contributed by atoms with Crippen LogP contribution in [0.1, 0.15) is 17.9 Å². The van der Waals surface area contributed by atoms with Crippen molar-refractivity contribution < 1.29 is 4.74 Å². The number of rotatable bonds is 3. The third kappa shape index (κ3) is 2.17. The van der Waals surface area contributed by atoms with E-state index in [0.29, 0.717) is 11.8 Å². The van der Waals surface area contributed by atoms with Gasteiger partial charge in [-0.15, -0.1) is 0 Å². The summed E-state index contributed by atoms with van der Waals surface area (Å²) in [5.74, 6) is 1.40. The Bertz CT molecular complexity index is 388. The zero-order valence-electron chi connectivity index (χ0n) is 10.1. The van der Waals surface area contributed by atoms with Crippen molar-refractivity contribution in [3.8, 4) is 0 Å². The molecule has 1 aliphatic heterocycles. The SMILES string of the molecule is NC[C@@H]1C[C@H]1c1ccccc1N1CCOCC1. The average Bonchev–Trinajstić information content (AvgIpc) is 3.19. The molecule has 0 radical (unpaired) electrons. The van der Waals surface area contributed by atoms with Crippen LogP contribution in [0.4, 0.5) is 5.69 Å². The van der Waals surface area contributed by atoms with Crippen molar-refractivity contribution in [2.45, 2.75) is 12.3 Å². The van der Waals surface area contributed by atoms with Gasteiger partial charge in [-0.1, -0.05) is 18.2 Å². The molecule has 1 heterocycles. The average molecular weight is 232 g/mol. The minimum atomic E-state index is 0.694. The van der Waals surface area contributed by atoms with Crippen LogP contribution in [-0.4, -0.2) is 32.8 Å². The summed E-state index contributed by atoms with van der Waals surface area (Å²) in [5.41, 5.74) is 8.65. The molecule has 92 valence electrons. The number of nitrogens with zero attached hydrogens (tertiary/aromatic N) is 1. The van der Waals surface area contributed by atoms with Gasteiger partial charge in [-0.3, -0.25) is 0 Å². The van der Waals surface area contributed by atoms with Crippen LogP contribution >= 0.6 is 0 Å². The highest BCUT2D eigenvalue weighted by Gasteiger charge is 2.38. The van der Waals surface area contributed by atoms with Crippen molar-refractivity contribution in [3.63, 3.8) is 0 Å². The molecular formula is C14H20N2O. The van der Waals surface area contributed by atoms with Crippen molar-refractivity contribution in [2.75, 3.05) is 37.7 Å². The fraction of sp³-hybridized carbons (Fsp3) is 0.571. The molecule has 0 aromatic heterocycles. The highest BCUT2D eigenvalue weighted by molar-refractivity contribution is 5.57. The maximum absolute atomic E-state index is 5.76. The summed E-state index contributed by atoms with van der Waals surface area (Å²) in [6, 6.07) is 8.79. The lowest BCUT2D eigenvalue weighted by molar-refractivity contribution is 0.122. The number of hydrogen-bond donors (Lipinski definition) is 1. The molecule has 0 bridgehead atoms. The van der Waals surface area contributed by atoms with Gasteiger partial charge in [0.2, 0.25) is 0 Å². The molecule has 0 amide bonds. The second-order valence-corrected chi connectivity index (χ2v) is 5.00. The second-order valence-electron chi connectivity index (χ2n) is 5.00. The molecule has 17 heavy (non-hydrogen) atoms. The predicted molar refractivity (Wildman–Crippen MR) is 69.4 cm³/mol. The summed E-state index contributed by atoms with van der Waals surface area (Å²) >= 11 is 0. The van der Waals surface area contributed by atoms with E-state index >= 15 is 0 Å². The molecular weight excluding hydrogens is 212 g/mol. The van der Waals surface area contributed by atoms with E-state index in [1.165, 1.54) is 17.7 Å². The molecule has 1 aromatic rings. The van der Waals surface area contributed by atoms with Crippen molar-refractivity contribution in [1.29, 1.82) is 0 Å². The van der Waals surface area contributed by atoms with E-state index in [2.05, 4.69) is 29.2 Å². The van der Waals surface area contributed by atoms with E-state index in [9.17, 15) is 0 Å². The minimum absolute atomic E-state index is 0.694. The molecule has 1 aliphatic carbocycles. The van der Waals surface area contributed by atoms with E-state index < -0.39 is 0 Å². The summed E-state index contributed by atoms with van der Waals surface area (Å²) in [6.07, 6.45) is 1.26. The number of nitrogens with two attached hydrogens (primary N) is 1. The van der Waals surface area contributed by atoms with Crippen LogP contribution in [0.2, 0.25) is 0 Å². The minimum Gasteiger partial charge on any atom is -0.378 e. The van der Waals surface area contributed by atoms with Crippen LogP contribution in [-0.2, 0) is 4.74 Å². The normalized spacial score (nSPS) is 28.2. The number of hydrogen-bond acceptors (Lipinski definition) is 3. The molecule has 1 saturated carbocycles. The first-order valence-corrected chi connectivity index (χ1v) is 6.52. The lowest BCUT2D eigenvalue weighted by atomic mass is 10.1. The Hall–Kier alpha value is -1.06. The number of benzene rings is 1. The van der Waals surface area contributed by atoms with Gasteiger partial charge in [0.1, 0.15) is 0 Å². The molecule has 2 fully saturated rings. The topological polar surface area (TPSA) is 38.5 Å². The molecule has 3 heteroatoms. The van der Waals surface area contributed by atoms with Gasteiger partial charge in [0, 0.05) is 18.8 Å². The van der Waals surface area contributed by atoms with Crippen molar-refractivity contribution in [2.24, 2.45) is 11.7 Å². The Kier molecular flexibility index (Phi) is 3.04. The Labute approximate surface area is 103 Å². The van der Waals surface area contributed by atoms with Gasteiger partial charge in [0.25, 0.3) is 0 Å². The number of para-hydroxylation sites is 1. The zero-order valence-corrected chi connectivity index (χ0v) is 10.1. The summed E-state index contributed by atoms with van der Waals surface area (Å²) in [4.78, 5) is 2.45. The first-order valence-electron chi connectivity index (χ1n) is 6.52. The smallest absolute Gasteiger partial charge is 0.0642 e.